The van der Waals surface area contributed by atoms with Gasteiger partial charge in [-0.3, -0.25) is 14.5 Å². The molecule has 0 aromatic heterocycles. The molecule has 1 fully saturated rings. The van der Waals surface area contributed by atoms with Crippen molar-refractivity contribution in [2.24, 2.45) is 0 Å². The number of nitrogens with one attached hydrogen (secondary N) is 2. The lowest BCUT2D eigenvalue weighted by molar-refractivity contribution is -0.128. The van der Waals surface area contributed by atoms with E-state index in [0.29, 0.717) is 6.47 Å². The first-order chi connectivity index (χ1) is 12.3. The van der Waals surface area contributed by atoms with Crippen LogP contribution in [0.3, 0.4) is 0 Å². The van der Waals surface area contributed by atoms with Gasteiger partial charge in [-0.15, -0.1) is 0 Å². The van der Waals surface area contributed by atoms with Gasteiger partial charge in [-0.25, -0.2) is 4.79 Å². The molecular formula is C19H37N3O5. The van der Waals surface area contributed by atoms with E-state index in [-0.39, 0.29) is 23.5 Å². The lowest BCUT2D eigenvalue weighted by Gasteiger charge is -2.34. The van der Waals surface area contributed by atoms with Crippen molar-refractivity contribution in [3.8, 4) is 0 Å². The summed E-state index contributed by atoms with van der Waals surface area (Å²) in [6.45, 7) is 15.3. The van der Waals surface area contributed by atoms with Crippen molar-refractivity contribution in [3.05, 3.63) is 0 Å². The molecule has 2 amide bonds. The molecule has 0 bridgehead atoms. The molecule has 1 rings (SSSR count). The summed E-state index contributed by atoms with van der Waals surface area (Å²) >= 11 is 0. The summed E-state index contributed by atoms with van der Waals surface area (Å²) in [6.07, 6.45) is 1.68. The third-order valence-electron chi connectivity index (χ3n) is 3.62. The topological polar surface area (TPSA) is 97.0 Å². The van der Waals surface area contributed by atoms with Gasteiger partial charge in [0, 0.05) is 5.54 Å². The number of carbonyl (C=O) groups is 3. The van der Waals surface area contributed by atoms with Gasteiger partial charge >= 0.3 is 6.09 Å². The van der Waals surface area contributed by atoms with Crippen LogP contribution in [0.15, 0.2) is 0 Å². The van der Waals surface area contributed by atoms with Crippen molar-refractivity contribution in [2.45, 2.75) is 84.5 Å². The fourth-order valence-corrected chi connectivity index (χ4v) is 2.74. The maximum absolute atomic E-state index is 12.7. The molecule has 1 aliphatic rings. The Morgan fingerprint density at radius 2 is 1.56 bits per heavy atom. The fraction of sp³-hybridized carbons (Fsp3) is 0.842. The Balaban J connectivity index is 0.00000153. The standard InChI is InChI=1S/C17H33N3O3.C2H4O2/c1-12(18-15(22)23-17(5,6)7)13(20-10-8-9-11-20)14(21)19-16(2,3)4;1-4-2-3/h12-13H,8-11H2,1-7H3,(H,18,22)(H,19,21);2H,1H3. The Morgan fingerprint density at radius 3 is 1.93 bits per heavy atom. The van der Waals surface area contributed by atoms with Gasteiger partial charge in [-0.1, -0.05) is 0 Å². The second kappa shape index (κ2) is 11.1. The largest absolute Gasteiger partial charge is 0.471 e. The van der Waals surface area contributed by atoms with Gasteiger partial charge in [-0.2, -0.15) is 0 Å². The summed E-state index contributed by atoms with van der Waals surface area (Å²) in [6, 6.07) is -0.713. The maximum Gasteiger partial charge on any atom is 0.407 e. The monoisotopic (exact) mass is 387 g/mol. The van der Waals surface area contributed by atoms with E-state index < -0.39 is 11.7 Å². The van der Waals surface area contributed by atoms with Crippen LogP contribution in [0.1, 0.15) is 61.3 Å². The summed E-state index contributed by atoms with van der Waals surface area (Å²) in [4.78, 5) is 35.8. The summed E-state index contributed by atoms with van der Waals surface area (Å²) in [7, 11) is 1.31. The van der Waals surface area contributed by atoms with Crippen LogP contribution in [0.4, 0.5) is 4.79 Å². The van der Waals surface area contributed by atoms with E-state index in [1.807, 2.05) is 48.5 Å². The highest BCUT2D eigenvalue weighted by Crippen LogP contribution is 2.16. The predicted octanol–water partition coefficient (Wildman–Crippen LogP) is 2.07. The highest BCUT2D eigenvalue weighted by molar-refractivity contribution is 5.84. The molecule has 0 radical (unpaired) electrons. The summed E-state index contributed by atoms with van der Waals surface area (Å²) in [5.41, 5.74) is -0.860. The Kier molecular flexibility index (Phi) is 10.4. The number of alkyl carbamates (subject to hydrolysis) is 1. The van der Waals surface area contributed by atoms with Crippen molar-refractivity contribution in [3.63, 3.8) is 0 Å². The molecule has 8 nitrogen and oxygen atoms in total. The maximum atomic E-state index is 12.7. The predicted molar refractivity (Wildman–Crippen MR) is 104 cm³/mol. The molecule has 158 valence electrons. The average molecular weight is 388 g/mol. The molecule has 0 spiro atoms. The van der Waals surface area contributed by atoms with Gasteiger partial charge < -0.3 is 20.1 Å². The Labute approximate surface area is 163 Å². The summed E-state index contributed by atoms with van der Waals surface area (Å²) in [5.74, 6) is -0.0528. The van der Waals surface area contributed by atoms with E-state index in [1.165, 1.54) is 7.11 Å². The van der Waals surface area contributed by atoms with Crippen molar-refractivity contribution in [2.75, 3.05) is 20.2 Å². The molecule has 0 aromatic rings. The SMILES string of the molecule is CC(NC(=O)OC(C)(C)C)C(C(=O)NC(C)(C)C)N1CCCC1.COC=O. The molecule has 1 saturated heterocycles. The van der Waals surface area contributed by atoms with E-state index in [2.05, 4.69) is 20.3 Å². The molecule has 2 N–H and O–H groups in total. The molecule has 2 atom stereocenters. The second-order valence-corrected chi connectivity index (χ2v) is 8.69. The first-order valence-electron chi connectivity index (χ1n) is 9.32. The number of rotatable bonds is 5. The fourth-order valence-electron chi connectivity index (χ4n) is 2.74. The third kappa shape index (κ3) is 11.5. The quantitative estimate of drug-likeness (QED) is 0.701. The number of nitrogens with zero attached hydrogens (tertiary/aromatic N) is 1. The van der Waals surface area contributed by atoms with E-state index >= 15 is 0 Å². The molecule has 0 saturated carbocycles. The Hall–Kier alpha value is -1.83. The van der Waals surface area contributed by atoms with Crippen LogP contribution in [-0.2, 0) is 19.1 Å². The first kappa shape index (κ1) is 25.2. The van der Waals surface area contributed by atoms with Crippen LogP contribution >= 0.6 is 0 Å². The van der Waals surface area contributed by atoms with Crippen LogP contribution in [0, 0.1) is 0 Å². The van der Waals surface area contributed by atoms with Crippen LogP contribution in [0.25, 0.3) is 0 Å². The normalized spacial score (nSPS) is 17.0. The van der Waals surface area contributed by atoms with Gasteiger partial charge in [0.1, 0.15) is 11.6 Å². The van der Waals surface area contributed by atoms with Gasteiger partial charge in [-0.05, 0) is 74.4 Å². The number of hydrogen-bond acceptors (Lipinski definition) is 6. The van der Waals surface area contributed by atoms with Crippen molar-refractivity contribution in [1.29, 1.82) is 0 Å². The Morgan fingerprint density at radius 1 is 1.07 bits per heavy atom. The summed E-state index contributed by atoms with van der Waals surface area (Å²) in [5, 5.41) is 5.84. The van der Waals surface area contributed by atoms with E-state index in [4.69, 9.17) is 9.53 Å². The van der Waals surface area contributed by atoms with E-state index in [1.54, 1.807) is 0 Å². The van der Waals surface area contributed by atoms with Crippen molar-refractivity contribution >= 4 is 18.5 Å². The lowest BCUT2D eigenvalue weighted by Crippen LogP contribution is -2.59. The molecule has 1 aliphatic heterocycles. The lowest BCUT2D eigenvalue weighted by atomic mass is 10.0. The van der Waals surface area contributed by atoms with Gasteiger partial charge in [0.25, 0.3) is 6.47 Å². The number of methoxy groups -OCH3 is 1. The zero-order valence-electron chi connectivity index (χ0n) is 18.0. The minimum Gasteiger partial charge on any atom is -0.471 e. The van der Waals surface area contributed by atoms with Crippen LogP contribution in [0.5, 0.6) is 0 Å². The van der Waals surface area contributed by atoms with Crippen LogP contribution < -0.4 is 10.6 Å². The van der Waals surface area contributed by atoms with Crippen LogP contribution in [0.2, 0.25) is 0 Å². The summed E-state index contributed by atoms with van der Waals surface area (Å²) < 4.78 is 9.16. The zero-order chi connectivity index (χ0) is 21.3. The van der Waals surface area contributed by atoms with Gasteiger partial charge in [0.05, 0.1) is 13.2 Å². The minimum absolute atomic E-state index is 0.0528. The second-order valence-electron chi connectivity index (χ2n) is 8.69. The number of hydrogen-bond donors (Lipinski definition) is 2. The number of ether oxygens (including phenoxy) is 2. The number of likely N-dealkylation sites (tertiary alicyclic amines) is 1. The van der Waals surface area contributed by atoms with E-state index in [0.717, 1.165) is 25.9 Å². The highest BCUT2D eigenvalue weighted by atomic mass is 16.6. The minimum atomic E-state index is -0.555. The first-order valence-corrected chi connectivity index (χ1v) is 9.32. The van der Waals surface area contributed by atoms with Gasteiger partial charge in [0.2, 0.25) is 5.91 Å². The number of carbonyl (C=O) groups excluding carboxylic acids is 3. The third-order valence-corrected chi connectivity index (χ3v) is 3.62. The average Bonchev–Trinajstić information content (AvgIpc) is 2.97. The van der Waals surface area contributed by atoms with Gasteiger partial charge in [0.15, 0.2) is 0 Å². The number of amides is 2. The van der Waals surface area contributed by atoms with E-state index in [9.17, 15) is 9.59 Å². The highest BCUT2D eigenvalue weighted by Gasteiger charge is 2.35. The molecule has 8 heteroatoms. The molecule has 0 aliphatic carbocycles. The van der Waals surface area contributed by atoms with Crippen LogP contribution in [-0.4, -0.2) is 66.8 Å². The zero-order valence-corrected chi connectivity index (χ0v) is 18.0. The molecule has 1 heterocycles. The molecule has 2 unspecified atom stereocenters. The van der Waals surface area contributed by atoms with Crippen molar-refractivity contribution in [1.82, 2.24) is 15.5 Å². The Bertz CT molecular complexity index is 477. The smallest absolute Gasteiger partial charge is 0.407 e. The van der Waals surface area contributed by atoms with Crippen molar-refractivity contribution < 1.29 is 23.9 Å². The molecular weight excluding hydrogens is 350 g/mol. The molecule has 27 heavy (non-hydrogen) atoms. The molecule has 0 aromatic carbocycles.